The van der Waals surface area contributed by atoms with Crippen LogP contribution < -0.4 is 0 Å². The number of hydrogen-bond acceptors (Lipinski definition) is 11. The molecule has 0 bridgehead atoms. The molecule has 0 aromatic rings. The van der Waals surface area contributed by atoms with Crippen LogP contribution in [0.4, 0.5) is 0 Å². The molecule has 11 nitrogen and oxygen atoms in total. The van der Waals surface area contributed by atoms with Crippen molar-refractivity contribution in [3.8, 4) is 0 Å². The predicted octanol–water partition coefficient (Wildman–Crippen LogP) is 3.21. The lowest BCUT2D eigenvalue weighted by molar-refractivity contribution is -0.295. The van der Waals surface area contributed by atoms with Crippen LogP contribution in [0.25, 0.3) is 0 Å². The second-order valence-electron chi connectivity index (χ2n) is 16.3. The lowest BCUT2D eigenvalue weighted by atomic mass is 9.74. The van der Waals surface area contributed by atoms with Crippen LogP contribution in [0.2, 0.25) is 0 Å². The molecule has 3 heterocycles. The van der Waals surface area contributed by atoms with Crippen LogP contribution in [-0.4, -0.2) is 148 Å². The van der Waals surface area contributed by atoms with Gasteiger partial charge in [0.1, 0.15) is 18.1 Å². The van der Waals surface area contributed by atoms with Crippen LogP contribution in [-0.2, 0) is 33.3 Å². The van der Waals surface area contributed by atoms with Crippen LogP contribution in [0.5, 0.6) is 0 Å². The maximum atomic E-state index is 14.3. The van der Waals surface area contributed by atoms with Crippen LogP contribution in [0.3, 0.4) is 0 Å². The largest absolute Gasteiger partial charge is 0.463 e. The Kier molecular flexibility index (Phi) is 13.0. The van der Waals surface area contributed by atoms with Gasteiger partial charge in [-0.2, -0.15) is 0 Å². The molecule has 10 atom stereocenters. The molecular weight excluding hydrogens is 602 g/mol. The number of Topliss-reactive ketones (excluding diaryl/α,β-unsaturated/α-hetero) is 1. The first-order chi connectivity index (χ1) is 22.0. The average molecular weight is 668 g/mol. The summed E-state index contributed by atoms with van der Waals surface area (Å²) < 4.78 is 31.0. The molecule has 1 N–H and O–H groups in total. The van der Waals surface area contributed by atoms with Crippen molar-refractivity contribution in [3.05, 3.63) is 0 Å². The predicted molar refractivity (Wildman–Crippen MR) is 180 cm³/mol. The van der Waals surface area contributed by atoms with E-state index in [0.29, 0.717) is 30.9 Å². The van der Waals surface area contributed by atoms with Gasteiger partial charge in [0.05, 0.1) is 23.9 Å². The van der Waals surface area contributed by atoms with Crippen LogP contribution in [0, 0.1) is 23.2 Å². The van der Waals surface area contributed by atoms with Gasteiger partial charge < -0.3 is 38.6 Å². The van der Waals surface area contributed by atoms with Crippen molar-refractivity contribution in [1.82, 2.24) is 14.7 Å². The zero-order valence-electron chi connectivity index (χ0n) is 31.1. The van der Waals surface area contributed by atoms with E-state index in [9.17, 15) is 14.7 Å². The minimum Gasteiger partial charge on any atom is -0.463 e. The number of carbonyl (C=O) groups excluding carboxylic acids is 2. The summed E-state index contributed by atoms with van der Waals surface area (Å²) in [6, 6.07) is 0.348. The molecule has 3 saturated heterocycles. The fourth-order valence-electron chi connectivity index (χ4n) is 8.62. The second kappa shape index (κ2) is 15.8. The molecule has 1 unspecified atom stereocenters. The zero-order chi connectivity index (χ0) is 34.8. The van der Waals surface area contributed by atoms with E-state index in [4.69, 9.17) is 23.7 Å². The summed E-state index contributed by atoms with van der Waals surface area (Å²) in [5.74, 6) is -1.02. The molecule has 0 aromatic carbocycles. The summed E-state index contributed by atoms with van der Waals surface area (Å²) in [6.07, 6.45) is 3.09. The quantitative estimate of drug-likeness (QED) is 0.305. The van der Waals surface area contributed by atoms with E-state index in [1.54, 1.807) is 27.9 Å². The summed E-state index contributed by atoms with van der Waals surface area (Å²) in [4.78, 5) is 34.7. The Morgan fingerprint density at radius 3 is 2.34 bits per heavy atom. The van der Waals surface area contributed by atoms with E-state index in [1.165, 1.54) is 0 Å². The van der Waals surface area contributed by atoms with Gasteiger partial charge in [-0.3, -0.25) is 14.5 Å². The highest BCUT2D eigenvalue weighted by atomic mass is 16.7. The summed E-state index contributed by atoms with van der Waals surface area (Å²) in [6.45, 7) is 14.0. The molecule has 272 valence electrons. The number of ketones is 1. The Hall–Kier alpha value is -1.18. The normalized spacial score (nSPS) is 42.8. The van der Waals surface area contributed by atoms with Crippen molar-refractivity contribution in [2.24, 2.45) is 23.2 Å². The summed E-state index contributed by atoms with van der Waals surface area (Å²) >= 11 is 0. The van der Waals surface area contributed by atoms with Gasteiger partial charge >= 0.3 is 5.97 Å². The number of rotatable bonds is 8. The molecule has 4 rings (SSSR count). The second-order valence-corrected chi connectivity index (χ2v) is 16.3. The molecular formula is C36H65N3O8. The molecule has 0 amide bonds. The third-order valence-corrected chi connectivity index (χ3v) is 11.8. The van der Waals surface area contributed by atoms with Crippen molar-refractivity contribution < 1.29 is 38.4 Å². The Bertz CT molecular complexity index is 1050. The number of ether oxygens (including phenoxy) is 5. The van der Waals surface area contributed by atoms with Gasteiger partial charge in [0.2, 0.25) is 0 Å². The minimum atomic E-state index is -1.41. The number of hydrogen-bond donors (Lipinski definition) is 1. The highest BCUT2D eigenvalue weighted by Gasteiger charge is 2.52. The molecule has 11 heteroatoms. The maximum absolute atomic E-state index is 14.3. The third kappa shape index (κ3) is 8.77. The molecule has 4 fully saturated rings. The highest BCUT2D eigenvalue weighted by Crippen LogP contribution is 2.40. The third-order valence-electron chi connectivity index (χ3n) is 11.8. The van der Waals surface area contributed by atoms with E-state index in [2.05, 4.69) is 30.8 Å². The minimum absolute atomic E-state index is 0.0361. The topological polar surface area (TPSA) is 110 Å². The first-order valence-electron chi connectivity index (χ1n) is 17.9. The summed E-state index contributed by atoms with van der Waals surface area (Å²) in [5.41, 5.74) is -2.32. The van der Waals surface area contributed by atoms with Gasteiger partial charge in [-0.15, -0.1) is 0 Å². The van der Waals surface area contributed by atoms with Crippen molar-refractivity contribution >= 4 is 11.8 Å². The highest BCUT2D eigenvalue weighted by molar-refractivity contribution is 6.04. The number of likely N-dealkylation sites (N-methyl/N-ethyl adjacent to an activating group) is 3. The van der Waals surface area contributed by atoms with Gasteiger partial charge in [0.25, 0.3) is 0 Å². The Labute approximate surface area is 283 Å². The van der Waals surface area contributed by atoms with Crippen LogP contribution in [0.15, 0.2) is 0 Å². The van der Waals surface area contributed by atoms with Crippen LogP contribution >= 0.6 is 0 Å². The lowest BCUT2D eigenvalue weighted by Crippen LogP contribution is -2.59. The van der Waals surface area contributed by atoms with Crippen molar-refractivity contribution in [2.45, 2.75) is 134 Å². The maximum Gasteiger partial charge on any atom is 0.319 e. The monoisotopic (exact) mass is 667 g/mol. The lowest BCUT2D eigenvalue weighted by Gasteiger charge is -2.48. The van der Waals surface area contributed by atoms with Crippen molar-refractivity contribution in [1.29, 1.82) is 0 Å². The number of aliphatic hydroxyl groups is 1. The van der Waals surface area contributed by atoms with E-state index < -0.39 is 41.4 Å². The van der Waals surface area contributed by atoms with E-state index in [-0.39, 0.29) is 36.5 Å². The summed E-state index contributed by atoms with van der Waals surface area (Å²) in [5, 5.41) is 11.3. The van der Waals surface area contributed by atoms with Gasteiger partial charge in [-0.1, -0.05) is 13.8 Å². The van der Waals surface area contributed by atoms with Gasteiger partial charge in [0.15, 0.2) is 12.1 Å². The van der Waals surface area contributed by atoms with Gasteiger partial charge in [-0.25, -0.2) is 0 Å². The Morgan fingerprint density at radius 2 is 1.74 bits per heavy atom. The molecule has 0 aromatic heterocycles. The zero-order valence-corrected chi connectivity index (χ0v) is 31.1. The molecule has 4 aliphatic rings. The molecule has 1 saturated carbocycles. The van der Waals surface area contributed by atoms with Crippen molar-refractivity contribution in [2.75, 3.05) is 61.6 Å². The molecule has 3 aliphatic heterocycles. The first kappa shape index (κ1) is 38.6. The SMILES string of the molecule is CO[C@]1(C)C[C@@H](C)CN(C)[C@H](C2CC(N(C)CC3CCCO3)C2)COC(=O)C(C)(C)C(=O)[C@H](C)[C@H]1O[C@@H]1O[C@H](C)C[C@H](N(C)C)[C@H]1O. The Balaban J connectivity index is 1.56. The number of carbonyl (C=O) groups is 2. The molecule has 47 heavy (non-hydrogen) atoms. The number of aliphatic hydroxyl groups excluding tert-OH is 1. The first-order valence-corrected chi connectivity index (χ1v) is 17.9. The number of methoxy groups -OCH3 is 1. The number of cyclic esters (lactones) is 1. The van der Waals surface area contributed by atoms with Crippen LogP contribution in [0.1, 0.15) is 80.1 Å². The molecule has 0 spiro atoms. The fourth-order valence-corrected chi connectivity index (χ4v) is 8.62. The standard InChI is InChI=1S/C36H65N3O8/c1-22-18-36(6,43-11)32(47-33-30(40)28(37(7)8)15-23(2)46-33)24(3)31(41)35(4,5)34(42)45-21-29(39(10)19-22)25-16-26(17-25)38(9)20-27-13-12-14-44-27/h22-30,32-33,40H,12-21H2,1-11H3/t22-,23-,24+,25?,26?,27?,28+,29+,30-,32-,33+,36-/m1/s1. The van der Waals surface area contributed by atoms with Crippen molar-refractivity contribution in [3.63, 3.8) is 0 Å². The van der Waals surface area contributed by atoms with E-state index in [1.807, 2.05) is 32.8 Å². The Morgan fingerprint density at radius 1 is 1.06 bits per heavy atom. The van der Waals surface area contributed by atoms with E-state index >= 15 is 0 Å². The average Bonchev–Trinajstić information content (AvgIpc) is 3.49. The number of nitrogens with zero attached hydrogens (tertiary/aromatic N) is 3. The smallest absolute Gasteiger partial charge is 0.319 e. The van der Waals surface area contributed by atoms with E-state index in [0.717, 1.165) is 45.4 Å². The molecule has 1 aliphatic carbocycles. The fraction of sp³-hybridized carbons (Fsp3) is 0.944. The molecule has 0 radical (unpaired) electrons. The van der Waals surface area contributed by atoms with Gasteiger partial charge in [-0.05, 0) is 106 Å². The summed E-state index contributed by atoms with van der Waals surface area (Å²) in [7, 11) is 9.82. The number of esters is 1. The van der Waals surface area contributed by atoms with Gasteiger partial charge in [0, 0.05) is 50.8 Å².